The smallest absolute Gasteiger partial charge is 0.317 e. The Morgan fingerprint density at radius 1 is 1.22 bits per heavy atom. The summed E-state index contributed by atoms with van der Waals surface area (Å²) in [5.74, 6) is 0.0654. The molecule has 2 fully saturated rings. The van der Waals surface area contributed by atoms with Crippen molar-refractivity contribution in [2.45, 2.75) is 25.4 Å². The molecule has 1 aromatic rings. The summed E-state index contributed by atoms with van der Waals surface area (Å²) < 4.78 is 5.62. The highest BCUT2D eigenvalue weighted by molar-refractivity contribution is 7.12. The van der Waals surface area contributed by atoms with Crippen LogP contribution in [0.4, 0.5) is 4.79 Å². The molecule has 1 unspecified atom stereocenters. The van der Waals surface area contributed by atoms with Gasteiger partial charge < -0.3 is 19.9 Å². The Hall–Kier alpha value is -1.60. The number of piperazine rings is 1. The number of hydrogen-bond acceptors (Lipinski definition) is 4. The van der Waals surface area contributed by atoms with E-state index in [-0.39, 0.29) is 18.0 Å². The van der Waals surface area contributed by atoms with Crippen LogP contribution in [0.2, 0.25) is 0 Å². The third kappa shape index (κ3) is 4.23. The number of carbonyl (C=O) groups is 2. The van der Waals surface area contributed by atoms with Crippen molar-refractivity contribution >= 4 is 23.3 Å². The fourth-order valence-electron chi connectivity index (χ4n) is 2.95. The second-order valence-electron chi connectivity index (χ2n) is 5.93. The van der Waals surface area contributed by atoms with Gasteiger partial charge in [0.1, 0.15) is 0 Å². The van der Waals surface area contributed by atoms with Crippen molar-refractivity contribution in [3.05, 3.63) is 22.4 Å². The van der Waals surface area contributed by atoms with E-state index in [9.17, 15) is 9.59 Å². The molecule has 7 heteroatoms. The van der Waals surface area contributed by atoms with Crippen LogP contribution in [0.1, 0.15) is 28.9 Å². The zero-order chi connectivity index (χ0) is 16.1. The molecule has 0 spiro atoms. The summed E-state index contributed by atoms with van der Waals surface area (Å²) in [7, 11) is 0. The standard InChI is InChI=1S/C16H23N3O3S/c20-15(14-5-3-11-23-14)18-6-8-19(9-7-18)16(21)17-12-13-4-1-2-10-22-13/h3,5,11,13H,1-2,4,6-10,12H2,(H,17,21). The van der Waals surface area contributed by atoms with Gasteiger partial charge in [-0.25, -0.2) is 4.79 Å². The van der Waals surface area contributed by atoms with Gasteiger partial charge in [0.15, 0.2) is 0 Å². The number of hydrogen-bond donors (Lipinski definition) is 1. The van der Waals surface area contributed by atoms with E-state index in [1.165, 1.54) is 17.8 Å². The topological polar surface area (TPSA) is 61.9 Å². The van der Waals surface area contributed by atoms with Gasteiger partial charge in [-0.1, -0.05) is 6.07 Å². The molecule has 3 heterocycles. The number of carbonyl (C=O) groups excluding carboxylic acids is 2. The van der Waals surface area contributed by atoms with Gasteiger partial charge in [-0.2, -0.15) is 0 Å². The van der Waals surface area contributed by atoms with E-state index in [2.05, 4.69) is 5.32 Å². The van der Waals surface area contributed by atoms with Crippen LogP contribution in [0.15, 0.2) is 17.5 Å². The molecule has 1 N–H and O–H groups in total. The Labute approximate surface area is 140 Å². The number of nitrogens with one attached hydrogen (secondary N) is 1. The van der Waals surface area contributed by atoms with E-state index in [1.807, 2.05) is 22.4 Å². The Morgan fingerprint density at radius 2 is 2.00 bits per heavy atom. The van der Waals surface area contributed by atoms with Gasteiger partial charge in [-0.15, -0.1) is 11.3 Å². The van der Waals surface area contributed by atoms with Gasteiger partial charge in [0.2, 0.25) is 0 Å². The van der Waals surface area contributed by atoms with Crippen LogP contribution >= 0.6 is 11.3 Å². The number of urea groups is 1. The third-order valence-corrected chi connectivity index (χ3v) is 5.20. The van der Waals surface area contributed by atoms with Crippen LogP contribution in [0.3, 0.4) is 0 Å². The maximum absolute atomic E-state index is 12.3. The fourth-order valence-corrected chi connectivity index (χ4v) is 3.64. The molecule has 6 nitrogen and oxygen atoms in total. The SMILES string of the molecule is O=C(NCC1CCCCO1)N1CCN(C(=O)c2cccs2)CC1. The summed E-state index contributed by atoms with van der Waals surface area (Å²) >= 11 is 1.46. The lowest BCUT2D eigenvalue weighted by Crippen LogP contribution is -2.54. The minimum absolute atomic E-state index is 0.0533. The Morgan fingerprint density at radius 3 is 2.65 bits per heavy atom. The maximum Gasteiger partial charge on any atom is 0.317 e. The van der Waals surface area contributed by atoms with Crippen LogP contribution in [-0.4, -0.2) is 67.2 Å². The van der Waals surface area contributed by atoms with Crippen LogP contribution in [0.25, 0.3) is 0 Å². The molecule has 0 bridgehead atoms. The Balaban J connectivity index is 1.41. The summed E-state index contributed by atoms with van der Waals surface area (Å²) in [6.45, 7) is 3.70. The van der Waals surface area contributed by atoms with Crippen molar-refractivity contribution in [3.8, 4) is 0 Å². The fraction of sp³-hybridized carbons (Fsp3) is 0.625. The number of thiophene rings is 1. The van der Waals surface area contributed by atoms with E-state index in [4.69, 9.17) is 4.74 Å². The van der Waals surface area contributed by atoms with Gasteiger partial charge in [0, 0.05) is 39.3 Å². The van der Waals surface area contributed by atoms with Crippen molar-refractivity contribution in [1.29, 1.82) is 0 Å². The summed E-state index contributed by atoms with van der Waals surface area (Å²) in [4.78, 5) is 28.8. The second kappa shape index (κ2) is 7.79. The van der Waals surface area contributed by atoms with Crippen molar-refractivity contribution in [3.63, 3.8) is 0 Å². The molecule has 126 valence electrons. The molecule has 2 aliphatic heterocycles. The molecule has 1 aromatic heterocycles. The van der Waals surface area contributed by atoms with Crippen LogP contribution < -0.4 is 5.32 Å². The molecular formula is C16H23N3O3S. The zero-order valence-corrected chi connectivity index (χ0v) is 14.0. The second-order valence-corrected chi connectivity index (χ2v) is 6.88. The van der Waals surface area contributed by atoms with Crippen LogP contribution in [0.5, 0.6) is 0 Å². The molecule has 2 aliphatic rings. The summed E-state index contributed by atoms with van der Waals surface area (Å²) in [5.41, 5.74) is 0. The predicted molar refractivity (Wildman–Crippen MR) is 88.8 cm³/mol. The Bertz CT molecular complexity index is 521. The van der Waals surface area contributed by atoms with Crippen LogP contribution in [0, 0.1) is 0 Å². The summed E-state index contributed by atoms with van der Waals surface area (Å²) in [6.07, 6.45) is 3.45. The van der Waals surface area contributed by atoms with Crippen molar-refractivity contribution in [2.24, 2.45) is 0 Å². The van der Waals surface area contributed by atoms with Gasteiger partial charge >= 0.3 is 6.03 Å². The van der Waals surface area contributed by atoms with E-state index in [1.54, 1.807) is 4.90 Å². The first-order valence-corrected chi connectivity index (χ1v) is 9.09. The van der Waals surface area contributed by atoms with Gasteiger partial charge in [0.05, 0.1) is 11.0 Å². The molecule has 0 radical (unpaired) electrons. The molecule has 23 heavy (non-hydrogen) atoms. The van der Waals surface area contributed by atoms with Crippen molar-refractivity contribution in [2.75, 3.05) is 39.3 Å². The first kappa shape index (κ1) is 16.3. The molecular weight excluding hydrogens is 314 g/mol. The lowest BCUT2D eigenvalue weighted by molar-refractivity contribution is 0.0174. The normalized spacial score (nSPS) is 22.0. The van der Waals surface area contributed by atoms with Gasteiger partial charge in [-0.05, 0) is 30.7 Å². The van der Waals surface area contributed by atoms with E-state index >= 15 is 0 Å². The van der Waals surface area contributed by atoms with Crippen LogP contribution in [-0.2, 0) is 4.74 Å². The minimum atomic E-state index is -0.0533. The van der Waals surface area contributed by atoms with Crippen molar-refractivity contribution < 1.29 is 14.3 Å². The predicted octanol–water partition coefficient (Wildman–Crippen LogP) is 1.78. The average Bonchev–Trinajstić information content (AvgIpc) is 3.15. The average molecular weight is 337 g/mol. The molecule has 3 amide bonds. The number of nitrogens with zero attached hydrogens (tertiary/aromatic N) is 2. The maximum atomic E-state index is 12.3. The monoisotopic (exact) mass is 337 g/mol. The number of rotatable bonds is 3. The highest BCUT2D eigenvalue weighted by atomic mass is 32.1. The minimum Gasteiger partial charge on any atom is -0.376 e. The van der Waals surface area contributed by atoms with Crippen molar-refractivity contribution in [1.82, 2.24) is 15.1 Å². The lowest BCUT2D eigenvalue weighted by atomic mass is 10.1. The third-order valence-electron chi connectivity index (χ3n) is 4.34. The molecule has 0 saturated carbocycles. The first-order valence-electron chi connectivity index (χ1n) is 8.21. The number of ether oxygens (including phenoxy) is 1. The molecule has 3 rings (SSSR count). The lowest BCUT2D eigenvalue weighted by Gasteiger charge is -2.35. The van der Waals surface area contributed by atoms with E-state index < -0.39 is 0 Å². The Kier molecular flexibility index (Phi) is 5.51. The largest absolute Gasteiger partial charge is 0.376 e. The van der Waals surface area contributed by atoms with E-state index in [0.717, 1.165) is 24.3 Å². The highest BCUT2D eigenvalue weighted by Crippen LogP contribution is 2.14. The van der Waals surface area contributed by atoms with E-state index in [0.29, 0.717) is 32.7 Å². The zero-order valence-electron chi connectivity index (χ0n) is 13.2. The highest BCUT2D eigenvalue weighted by Gasteiger charge is 2.25. The quantitative estimate of drug-likeness (QED) is 0.915. The summed E-state index contributed by atoms with van der Waals surface area (Å²) in [5, 5.41) is 4.86. The first-order chi connectivity index (χ1) is 11.2. The van der Waals surface area contributed by atoms with Gasteiger partial charge in [-0.3, -0.25) is 4.79 Å². The van der Waals surface area contributed by atoms with Gasteiger partial charge in [0.25, 0.3) is 5.91 Å². The number of amides is 3. The molecule has 2 saturated heterocycles. The summed E-state index contributed by atoms with van der Waals surface area (Å²) in [6, 6.07) is 3.67. The molecule has 0 aliphatic carbocycles. The molecule has 0 aromatic carbocycles. The molecule has 1 atom stereocenters.